The van der Waals surface area contributed by atoms with Crippen molar-refractivity contribution < 1.29 is 28.5 Å². The molecular formula is C23H26O6. The molecule has 0 aromatic heterocycles. The van der Waals surface area contributed by atoms with Crippen molar-refractivity contribution in [3.8, 4) is 11.5 Å². The third-order valence-corrected chi connectivity index (χ3v) is 5.52. The Labute approximate surface area is 170 Å². The van der Waals surface area contributed by atoms with Crippen LogP contribution in [0.25, 0.3) is 0 Å². The van der Waals surface area contributed by atoms with Crippen molar-refractivity contribution in [3.63, 3.8) is 0 Å². The van der Waals surface area contributed by atoms with Crippen LogP contribution in [0.4, 0.5) is 0 Å². The van der Waals surface area contributed by atoms with Crippen LogP contribution in [0.3, 0.4) is 0 Å². The second-order valence-electron chi connectivity index (χ2n) is 8.40. The summed E-state index contributed by atoms with van der Waals surface area (Å²) in [7, 11) is 1.61. The van der Waals surface area contributed by atoms with Crippen molar-refractivity contribution in [1.82, 2.24) is 0 Å². The van der Waals surface area contributed by atoms with Crippen molar-refractivity contribution >= 4 is 5.97 Å². The number of benzene rings is 1. The summed E-state index contributed by atoms with van der Waals surface area (Å²) in [4.78, 5) is 12.7. The highest BCUT2D eigenvalue weighted by Crippen LogP contribution is 2.54. The molecule has 2 heterocycles. The second-order valence-corrected chi connectivity index (χ2v) is 8.40. The lowest BCUT2D eigenvalue weighted by molar-refractivity contribution is -0.294. The van der Waals surface area contributed by atoms with E-state index in [4.69, 9.17) is 23.7 Å². The van der Waals surface area contributed by atoms with Crippen LogP contribution in [-0.2, 0) is 19.0 Å². The van der Waals surface area contributed by atoms with Gasteiger partial charge in [0.15, 0.2) is 11.4 Å². The third kappa shape index (κ3) is 3.36. The van der Waals surface area contributed by atoms with Gasteiger partial charge in [-0.3, -0.25) is 0 Å². The van der Waals surface area contributed by atoms with E-state index in [9.17, 15) is 4.79 Å². The van der Waals surface area contributed by atoms with Crippen molar-refractivity contribution in [2.24, 2.45) is 11.3 Å². The Morgan fingerprint density at radius 2 is 1.79 bits per heavy atom. The molecular weight excluding hydrogens is 372 g/mol. The Bertz CT molecular complexity index is 856. The number of rotatable bonds is 5. The Hall–Kier alpha value is -2.57. The molecule has 1 aromatic rings. The summed E-state index contributed by atoms with van der Waals surface area (Å²) in [6, 6.07) is 7.25. The largest absolute Gasteiger partial charge is 0.497 e. The molecule has 2 aliphatic heterocycles. The molecule has 1 spiro atoms. The molecule has 2 saturated heterocycles. The maximum absolute atomic E-state index is 12.7. The molecule has 1 aliphatic carbocycles. The molecule has 0 saturated carbocycles. The monoisotopic (exact) mass is 398 g/mol. The Balaban J connectivity index is 1.62. The number of esters is 1. The summed E-state index contributed by atoms with van der Waals surface area (Å²) in [6.45, 7) is 9.05. The van der Waals surface area contributed by atoms with Crippen LogP contribution < -0.4 is 9.47 Å². The standard InChI is InChI=1S/C23H26O6/c1-5-6-18-19-22(29-20(18)24,15-26-17-9-7-16(25-4)8-10-17)11-12-23(19)27-13-21(2,3)14-28-23/h5-12,19H,1,13-15H2,2-4H3/b18-6+/t19-,22+/m0/s1. The Morgan fingerprint density at radius 3 is 2.41 bits per heavy atom. The average Bonchev–Trinajstić information content (AvgIpc) is 3.16. The zero-order chi connectivity index (χ0) is 20.7. The maximum atomic E-state index is 12.7. The van der Waals surface area contributed by atoms with Gasteiger partial charge >= 0.3 is 5.97 Å². The van der Waals surface area contributed by atoms with Crippen LogP contribution in [0.2, 0.25) is 0 Å². The highest BCUT2D eigenvalue weighted by Gasteiger charge is 2.66. The van der Waals surface area contributed by atoms with Crippen LogP contribution >= 0.6 is 0 Å². The number of carbonyl (C=O) groups excluding carboxylic acids is 1. The molecule has 0 N–H and O–H groups in total. The number of carbonyl (C=O) groups is 1. The SMILES string of the molecule is C=C/C=C1/C(=O)O[C@@]2(COc3ccc(OC)cc3)C=CC3(OCC(C)(C)CO3)[C@@H]12. The lowest BCUT2D eigenvalue weighted by Gasteiger charge is -2.44. The maximum Gasteiger partial charge on any atom is 0.335 e. The number of methoxy groups -OCH3 is 1. The summed E-state index contributed by atoms with van der Waals surface area (Å²) < 4.78 is 29.4. The molecule has 1 aromatic carbocycles. The second kappa shape index (κ2) is 7.04. The van der Waals surface area contributed by atoms with Crippen molar-refractivity contribution in [2.75, 3.05) is 26.9 Å². The average molecular weight is 398 g/mol. The fourth-order valence-corrected chi connectivity index (χ4v) is 4.00. The van der Waals surface area contributed by atoms with Gasteiger partial charge in [0, 0.05) is 5.41 Å². The molecule has 0 bridgehead atoms. The molecule has 29 heavy (non-hydrogen) atoms. The van der Waals surface area contributed by atoms with Crippen molar-refractivity contribution in [2.45, 2.75) is 25.2 Å². The number of allylic oxidation sites excluding steroid dienone is 2. The number of fused-ring (bicyclic) bond motifs is 2. The van der Waals surface area contributed by atoms with Gasteiger partial charge in [-0.25, -0.2) is 4.79 Å². The zero-order valence-electron chi connectivity index (χ0n) is 17.0. The summed E-state index contributed by atoms with van der Waals surface area (Å²) in [6.07, 6.45) is 6.94. The molecule has 6 nitrogen and oxygen atoms in total. The highest BCUT2D eigenvalue weighted by atomic mass is 16.7. The minimum Gasteiger partial charge on any atom is -0.497 e. The van der Waals surface area contributed by atoms with Gasteiger partial charge in [0.25, 0.3) is 0 Å². The van der Waals surface area contributed by atoms with E-state index in [2.05, 4.69) is 20.4 Å². The van der Waals surface area contributed by atoms with E-state index in [1.54, 1.807) is 19.3 Å². The van der Waals surface area contributed by atoms with E-state index >= 15 is 0 Å². The van der Waals surface area contributed by atoms with Gasteiger partial charge in [0.2, 0.25) is 0 Å². The molecule has 2 atom stereocenters. The minimum atomic E-state index is -1.06. The van der Waals surface area contributed by atoms with Gasteiger partial charge in [-0.2, -0.15) is 0 Å². The van der Waals surface area contributed by atoms with E-state index in [0.717, 1.165) is 5.75 Å². The first-order valence-corrected chi connectivity index (χ1v) is 9.64. The minimum absolute atomic E-state index is 0.101. The molecule has 3 aliphatic rings. The van der Waals surface area contributed by atoms with E-state index < -0.39 is 23.3 Å². The third-order valence-electron chi connectivity index (χ3n) is 5.52. The Kier molecular flexibility index (Phi) is 4.79. The quantitative estimate of drug-likeness (QED) is 0.430. The van der Waals surface area contributed by atoms with E-state index in [0.29, 0.717) is 24.5 Å². The molecule has 154 valence electrons. The first kappa shape index (κ1) is 19.7. The Morgan fingerprint density at radius 1 is 1.14 bits per heavy atom. The van der Waals surface area contributed by atoms with Gasteiger partial charge in [-0.05, 0) is 36.4 Å². The number of hydrogen-bond acceptors (Lipinski definition) is 6. The van der Waals surface area contributed by atoms with Gasteiger partial charge in [-0.1, -0.05) is 32.6 Å². The van der Waals surface area contributed by atoms with Crippen LogP contribution in [0.15, 0.2) is 60.7 Å². The van der Waals surface area contributed by atoms with Crippen LogP contribution in [-0.4, -0.2) is 44.3 Å². The van der Waals surface area contributed by atoms with Gasteiger partial charge in [-0.15, -0.1) is 0 Å². The molecule has 0 unspecified atom stereocenters. The summed E-state index contributed by atoms with van der Waals surface area (Å²) in [5, 5.41) is 0. The molecule has 2 fully saturated rings. The zero-order valence-corrected chi connectivity index (χ0v) is 17.0. The topological polar surface area (TPSA) is 63.2 Å². The summed E-state index contributed by atoms with van der Waals surface area (Å²) in [5.74, 6) is -0.552. The first-order chi connectivity index (χ1) is 13.8. The highest BCUT2D eigenvalue weighted by molar-refractivity contribution is 5.93. The van der Waals surface area contributed by atoms with Gasteiger partial charge < -0.3 is 23.7 Å². The molecule has 0 radical (unpaired) electrons. The number of ether oxygens (including phenoxy) is 5. The summed E-state index contributed by atoms with van der Waals surface area (Å²) >= 11 is 0. The molecule has 4 rings (SSSR count). The van der Waals surface area contributed by atoms with Gasteiger partial charge in [0.05, 0.1) is 31.8 Å². The van der Waals surface area contributed by atoms with E-state index in [1.165, 1.54) is 0 Å². The van der Waals surface area contributed by atoms with Crippen LogP contribution in [0.1, 0.15) is 13.8 Å². The smallest absolute Gasteiger partial charge is 0.335 e. The molecule has 0 amide bonds. The fourth-order valence-electron chi connectivity index (χ4n) is 4.00. The normalized spacial score (nSPS) is 30.2. The number of hydrogen-bond donors (Lipinski definition) is 0. The van der Waals surface area contributed by atoms with Crippen LogP contribution in [0.5, 0.6) is 11.5 Å². The fraction of sp³-hybridized carbons (Fsp3) is 0.435. The van der Waals surface area contributed by atoms with Gasteiger partial charge in [0.1, 0.15) is 18.1 Å². The predicted molar refractivity (Wildman–Crippen MR) is 107 cm³/mol. The van der Waals surface area contributed by atoms with Crippen molar-refractivity contribution in [1.29, 1.82) is 0 Å². The predicted octanol–water partition coefficient (Wildman–Crippen LogP) is 3.44. The van der Waals surface area contributed by atoms with E-state index in [1.807, 2.05) is 36.4 Å². The lowest BCUT2D eigenvalue weighted by Crippen LogP contribution is -2.54. The molecule has 6 heteroatoms. The van der Waals surface area contributed by atoms with Crippen LogP contribution in [0, 0.1) is 11.3 Å². The van der Waals surface area contributed by atoms with Crippen molar-refractivity contribution in [3.05, 3.63) is 60.7 Å². The first-order valence-electron chi connectivity index (χ1n) is 9.64. The summed E-state index contributed by atoms with van der Waals surface area (Å²) in [5.41, 5.74) is -0.633. The van der Waals surface area contributed by atoms with E-state index in [-0.39, 0.29) is 12.0 Å². The lowest BCUT2D eigenvalue weighted by atomic mass is 9.82.